The molecule has 0 bridgehead atoms. The van der Waals surface area contributed by atoms with E-state index in [4.69, 9.17) is 5.11 Å². The second-order valence-corrected chi connectivity index (χ2v) is 5.57. The smallest absolute Gasteiger partial charge is 0.303 e. The molecular weight excluding hydrogens is 262 g/mol. The van der Waals surface area contributed by atoms with E-state index in [1.807, 2.05) is 6.07 Å². The molecule has 0 fully saturated rings. The maximum atomic E-state index is 10.4. The average Bonchev–Trinajstić information content (AvgIpc) is 2.45. The van der Waals surface area contributed by atoms with Crippen LogP contribution >= 0.6 is 0 Å². The summed E-state index contributed by atoms with van der Waals surface area (Å²) in [5, 5.41) is 8.56. The number of carboxylic acids is 1. The molecule has 3 nitrogen and oxygen atoms in total. The molecule has 0 aliphatic carbocycles. The van der Waals surface area contributed by atoms with Crippen LogP contribution in [0.15, 0.2) is 36.5 Å². The maximum Gasteiger partial charge on any atom is 0.303 e. The summed E-state index contributed by atoms with van der Waals surface area (Å²) in [6.07, 6.45) is 6.44. The van der Waals surface area contributed by atoms with Crippen molar-refractivity contribution in [3.05, 3.63) is 42.1 Å². The quantitative estimate of drug-likeness (QED) is 0.631. The van der Waals surface area contributed by atoms with Crippen LogP contribution < -0.4 is 4.90 Å². The summed E-state index contributed by atoms with van der Waals surface area (Å²) >= 11 is 0. The Bertz CT molecular complexity index is 468. The number of hydrogen-bond donors (Lipinski definition) is 1. The molecule has 0 radical (unpaired) electrons. The number of para-hydroxylation sites is 1. The molecule has 1 aromatic rings. The molecule has 0 saturated heterocycles. The SMILES string of the molecule is C=C(CCCCCCCC(=O)O)N(C)c1ccccc1C. The Morgan fingerprint density at radius 3 is 2.29 bits per heavy atom. The minimum Gasteiger partial charge on any atom is -0.481 e. The lowest BCUT2D eigenvalue weighted by Gasteiger charge is -2.23. The lowest BCUT2D eigenvalue weighted by Crippen LogP contribution is -2.16. The summed E-state index contributed by atoms with van der Waals surface area (Å²) < 4.78 is 0. The molecule has 0 heterocycles. The van der Waals surface area contributed by atoms with Gasteiger partial charge >= 0.3 is 5.97 Å². The molecule has 0 unspecified atom stereocenters. The Hall–Kier alpha value is -1.77. The van der Waals surface area contributed by atoms with Crippen molar-refractivity contribution in [3.8, 4) is 0 Å². The van der Waals surface area contributed by atoms with E-state index in [0.717, 1.165) is 44.2 Å². The van der Waals surface area contributed by atoms with E-state index in [-0.39, 0.29) is 0 Å². The van der Waals surface area contributed by atoms with Crippen LogP contribution in [0.5, 0.6) is 0 Å². The van der Waals surface area contributed by atoms with Gasteiger partial charge in [-0.1, -0.05) is 44.0 Å². The first-order chi connectivity index (χ1) is 10.0. The largest absolute Gasteiger partial charge is 0.481 e. The summed E-state index contributed by atoms with van der Waals surface area (Å²) in [4.78, 5) is 12.6. The topological polar surface area (TPSA) is 40.5 Å². The summed E-state index contributed by atoms with van der Waals surface area (Å²) in [5.74, 6) is -0.691. The predicted octanol–water partition coefficient (Wildman–Crippen LogP) is 4.76. The van der Waals surface area contributed by atoms with Gasteiger partial charge in [-0.25, -0.2) is 0 Å². The highest BCUT2D eigenvalue weighted by Crippen LogP contribution is 2.23. The second-order valence-electron chi connectivity index (χ2n) is 5.57. The van der Waals surface area contributed by atoms with Gasteiger partial charge in [0.25, 0.3) is 0 Å². The Kier molecular flexibility index (Phi) is 7.59. The molecular formula is C18H27NO2. The number of hydrogen-bond acceptors (Lipinski definition) is 2. The summed E-state index contributed by atoms with van der Waals surface area (Å²) in [6.45, 7) is 6.29. The highest BCUT2D eigenvalue weighted by atomic mass is 16.4. The van der Waals surface area contributed by atoms with Gasteiger partial charge in [-0.3, -0.25) is 4.79 Å². The number of allylic oxidation sites excluding steroid dienone is 1. The molecule has 0 amide bonds. The zero-order valence-corrected chi connectivity index (χ0v) is 13.3. The van der Waals surface area contributed by atoms with Crippen LogP contribution in [0.3, 0.4) is 0 Å². The monoisotopic (exact) mass is 289 g/mol. The maximum absolute atomic E-state index is 10.4. The van der Waals surface area contributed by atoms with Gasteiger partial charge in [0, 0.05) is 24.9 Å². The molecule has 1 N–H and O–H groups in total. The Labute approximate surface area is 128 Å². The predicted molar refractivity (Wildman–Crippen MR) is 88.7 cm³/mol. The fourth-order valence-corrected chi connectivity index (χ4v) is 2.41. The van der Waals surface area contributed by atoms with E-state index < -0.39 is 5.97 Å². The molecule has 0 spiro atoms. The molecule has 0 saturated carbocycles. The van der Waals surface area contributed by atoms with Gasteiger partial charge in [0.1, 0.15) is 0 Å². The lowest BCUT2D eigenvalue weighted by atomic mass is 10.1. The summed E-state index contributed by atoms with van der Waals surface area (Å²) in [6, 6.07) is 8.33. The van der Waals surface area contributed by atoms with E-state index in [9.17, 15) is 4.79 Å². The Morgan fingerprint density at radius 1 is 1.10 bits per heavy atom. The Balaban J connectivity index is 2.22. The molecule has 0 atom stereocenters. The lowest BCUT2D eigenvalue weighted by molar-refractivity contribution is -0.137. The molecule has 21 heavy (non-hydrogen) atoms. The Morgan fingerprint density at radius 2 is 1.67 bits per heavy atom. The van der Waals surface area contributed by atoms with Gasteiger partial charge in [0.15, 0.2) is 0 Å². The van der Waals surface area contributed by atoms with Gasteiger partial charge in [-0.15, -0.1) is 0 Å². The van der Waals surface area contributed by atoms with Crippen LogP contribution in [0.4, 0.5) is 5.69 Å². The zero-order chi connectivity index (χ0) is 15.7. The number of unbranched alkanes of at least 4 members (excludes halogenated alkanes) is 4. The number of anilines is 1. The third-order valence-corrected chi connectivity index (χ3v) is 3.81. The summed E-state index contributed by atoms with van der Waals surface area (Å²) in [5.41, 5.74) is 3.61. The van der Waals surface area contributed by atoms with Crippen LogP contribution in [-0.4, -0.2) is 18.1 Å². The van der Waals surface area contributed by atoms with E-state index in [2.05, 4.69) is 43.6 Å². The van der Waals surface area contributed by atoms with E-state index in [0.29, 0.717) is 6.42 Å². The first-order valence-corrected chi connectivity index (χ1v) is 7.71. The standard InChI is InChI=1S/C18H27NO2/c1-15-11-9-10-13-17(15)19(3)16(2)12-7-5-4-6-8-14-18(20)21/h9-11,13H,2,4-8,12,14H2,1,3H3,(H,20,21). The molecule has 116 valence electrons. The third-order valence-electron chi connectivity index (χ3n) is 3.81. The van der Waals surface area contributed by atoms with Crippen molar-refractivity contribution in [3.63, 3.8) is 0 Å². The number of carboxylic acid groups (broad SMARTS) is 1. The van der Waals surface area contributed by atoms with Crippen molar-refractivity contribution < 1.29 is 9.90 Å². The molecule has 0 aliphatic heterocycles. The molecule has 0 aliphatic rings. The van der Waals surface area contributed by atoms with Gasteiger partial charge in [0.2, 0.25) is 0 Å². The van der Waals surface area contributed by atoms with E-state index in [1.54, 1.807) is 0 Å². The van der Waals surface area contributed by atoms with Crippen molar-refractivity contribution >= 4 is 11.7 Å². The van der Waals surface area contributed by atoms with E-state index in [1.165, 1.54) is 11.3 Å². The van der Waals surface area contributed by atoms with Crippen LogP contribution in [-0.2, 0) is 4.79 Å². The number of benzene rings is 1. The van der Waals surface area contributed by atoms with Crippen molar-refractivity contribution in [1.29, 1.82) is 0 Å². The minimum absolute atomic E-state index is 0.294. The van der Waals surface area contributed by atoms with Gasteiger partial charge in [-0.2, -0.15) is 0 Å². The molecule has 0 aromatic heterocycles. The van der Waals surface area contributed by atoms with Crippen molar-refractivity contribution in [2.75, 3.05) is 11.9 Å². The number of aliphatic carboxylic acids is 1. The third kappa shape index (κ3) is 6.48. The highest BCUT2D eigenvalue weighted by Gasteiger charge is 2.07. The van der Waals surface area contributed by atoms with Gasteiger partial charge < -0.3 is 10.0 Å². The number of carbonyl (C=O) groups is 1. The first kappa shape index (κ1) is 17.3. The first-order valence-electron chi connectivity index (χ1n) is 7.71. The number of aryl methyl sites for hydroxylation is 1. The van der Waals surface area contributed by atoms with Crippen LogP contribution in [0.2, 0.25) is 0 Å². The van der Waals surface area contributed by atoms with Gasteiger partial charge in [-0.05, 0) is 37.8 Å². The van der Waals surface area contributed by atoms with Gasteiger partial charge in [0.05, 0.1) is 0 Å². The van der Waals surface area contributed by atoms with Crippen LogP contribution in [0, 0.1) is 6.92 Å². The second kappa shape index (κ2) is 9.22. The fourth-order valence-electron chi connectivity index (χ4n) is 2.41. The van der Waals surface area contributed by atoms with E-state index >= 15 is 0 Å². The van der Waals surface area contributed by atoms with Crippen molar-refractivity contribution in [2.45, 2.75) is 51.9 Å². The number of nitrogens with zero attached hydrogens (tertiary/aromatic N) is 1. The molecule has 1 aromatic carbocycles. The van der Waals surface area contributed by atoms with Crippen LogP contribution in [0.1, 0.15) is 50.5 Å². The minimum atomic E-state index is -0.691. The highest BCUT2D eigenvalue weighted by molar-refractivity contribution is 5.66. The van der Waals surface area contributed by atoms with Crippen LogP contribution in [0.25, 0.3) is 0 Å². The normalized spacial score (nSPS) is 10.4. The zero-order valence-electron chi connectivity index (χ0n) is 13.3. The molecule has 3 heteroatoms. The van der Waals surface area contributed by atoms with Crippen molar-refractivity contribution in [2.24, 2.45) is 0 Å². The molecule has 1 rings (SSSR count). The fraction of sp³-hybridized carbons (Fsp3) is 0.500. The summed E-state index contributed by atoms with van der Waals surface area (Å²) in [7, 11) is 2.07. The average molecular weight is 289 g/mol. The number of rotatable bonds is 10. The van der Waals surface area contributed by atoms with Crippen molar-refractivity contribution in [1.82, 2.24) is 0 Å².